The lowest BCUT2D eigenvalue weighted by molar-refractivity contribution is 0.670. The summed E-state index contributed by atoms with van der Waals surface area (Å²) in [7, 11) is 0. The lowest BCUT2D eigenvalue weighted by atomic mass is 10.00. The Bertz CT molecular complexity index is 2830. The third kappa shape index (κ3) is 4.62. The molecule has 10 rings (SSSR count). The first-order chi connectivity index (χ1) is 24.3. The number of benzene rings is 8. The second-order valence-corrected chi connectivity index (χ2v) is 13.6. The standard InChI is InChI=1S/C46H29NOS/c1-2-11-32(12-3-1)37-15-8-16-38-40-29-34(23-27-42(40)48-46(37)38)31-20-24-35(25-21-31)47(36-26-22-30-10-4-5-13-33(30)28-36)41-17-9-19-44-45(41)39-14-6-7-18-43(39)49-44/h1-29H. The van der Waals surface area contributed by atoms with Crippen LogP contribution in [0.2, 0.25) is 0 Å². The van der Waals surface area contributed by atoms with Gasteiger partial charge in [-0.2, -0.15) is 0 Å². The van der Waals surface area contributed by atoms with E-state index in [2.05, 4.69) is 175 Å². The maximum Gasteiger partial charge on any atom is 0.143 e. The van der Waals surface area contributed by atoms with Crippen LogP contribution < -0.4 is 4.90 Å². The van der Waals surface area contributed by atoms with Gasteiger partial charge in [0.15, 0.2) is 0 Å². The van der Waals surface area contributed by atoms with Crippen molar-refractivity contribution < 1.29 is 4.42 Å². The molecule has 0 atom stereocenters. The fourth-order valence-corrected chi connectivity index (χ4v) is 8.44. The van der Waals surface area contributed by atoms with Crippen LogP contribution in [0.25, 0.3) is 75.1 Å². The smallest absolute Gasteiger partial charge is 0.143 e. The second kappa shape index (κ2) is 11.2. The molecule has 0 amide bonds. The van der Waals surface area contributed by atoms with Gasteiger partial charge >= 0.3 is 0 Å². The minimum Gasteiger partial charge on any atom is -0.455 e. The molecule has 0 unspecified atom stereocenters. The highest BCUT2D eigenvalue weighted by Crippen LogP contribution is 2.45. The minimum atomic E-state index is 0.900. The third-order valence-electron chi connectivity index (χ3n) is 9.65. The molecule has 0 saturated heterocycles. The predicted octanol–water partition coefficient (Wildman–Crippen LogP) is 13.9. The summed E-state index contributed by atoms with van der Waals surface area (Å²) in [6.07, 6.45) is 0. The molecule has 230 valence electrons. The van der Waals surface area contributed by atoms with E-state index >= 15 is 0 Å². The van der Waals surface area contributed by atoms with Gasteiger partial charge in [0.1, 0.15) is 11.2 Å². The molecule has 2 heterocycles. The molecule has 0 bridgehead atoms. The van der Waals surface area contributed by atoms with Crippen molar-refractivity contribution in [3.8, 4) is 22.3 Å². The Morgan fingerprint density at radius 3 is 2.04 bits per heavy atom. The zero-order valence-corrected chi connectivity index (χ0v) is 27.3. The number of para-hydroxylation sites is 1. The predicted molar refractivity (Wildman–Crippen MR) is 210 cm³/mol. The largest absolute Gasteiger partial charge is 0.455 e. The zero-order chi connectivity index (χ0) is 32.3. The summed E-state index contributed by atoms with van der Waals surface area (Å²) in [5, 5.41) is 7.29. The Hall–Kier alpha value is -6.16. The molecule has 2 nitrogen and oxygen atoms in total. The number of thiophene rings is 1. The van der Waals surface area contributed by atoms with Crippen LogP contribution in [-0.2, 0) is 0 Å². The van der Waals surface area contributed by atoms with Crippen molar-refractivity contribution in [3.63, 3.8) is 0 Å². The van der Waals surface area contributed by atoms with Crippen LogP contribution in [0.3, 0.4) is 0 Å². The molecule has 3 heteroatoms. The number of hydrogen-bond donors (Lipinski definition) is 0. The molecule has 10 aromatic rings. The first-order valence-corrected chi connectivity index (χ1v) is 17.4. The number of hydrogen-bond acceptors (Lipinski definition) is 3. The van der Waals surface area contributed by atoms with Gasteiger partial charge < -0.3 is 9.32 Å². The number of anilines is 3. The van der Waals surface area contributed by atoms with Crippen molar-refractivity contribution in [1.29, 1.82) is 0 Å². The number of fused-ring (bicyclic) bond motifs is 7. The summed E-state index contributed by atoms with van der Waals surface area (Å²) in [6, 6.07) is 63.2. The van der Waals surface area contributed by atoms with Gasteiger partial charge in [-0.25, -0.2) is 0 Å². The van der Waals surface area contributed by atoms with E-state index in [1.165, 1.54) is 36.6 Å². The molecular formula is C46H29NOS. The molecular weight excluding hydrogens is 615 g/mol. The summed E-state index contributed by atoms with van der Waals surface area (Å²) in [5.74, 6) is 0. The van der Waals surface area contributed by atoms with E-state index in [-0.39, 0.29) is 0 Å². The number of rotatable bonds is 5. The van der Waals surface area contributed by atoms with Crippen LogP contribution in [0.15, 0.2) is 180 Å². The van der Waals surface area contributed by atoms with E-state index in [1.54, 1.807) is 0 Å². The SMILES string of the molecule is c1ccc(-c2cccc3c2oc2ccc(-c4ccc(N(c5ccc6ccccc6c5)c5cccc6sc7ccccc7c56)cc4)cc23)cc1. The molecule has 0 aliphatic carbocycles. The molecule has 2 aromatic heterocycles. The van der Waals surface area contributed by atoms with Gasteiger partial charge in [-0.15, -0.1) is 11.3 Å². The first-order valence-electron chi connectivity index (χ1n) is 16.6. The molecule has 8 aromatic carbocycles. The van der Waals surface area contributed by atoms with Crippen LogP contribution in [0.1, 0.15) is 0 Å². The molecule has 0 fully saturated rings. The monoisotopic (exact) mass is 643 g/mol. The molecule has 49 heavy (non-hydrogen) atoms. The third-order valence-corrected chi connectivity index (χ3v) is 10.8. The van der Waals surface area contributed by atoms with Gasteiger partial charge in [-0.05, 0) is 82.1 Å². The van der Waals surface area contributed by atoms with Crippen LogP contribution in [0.4, 0.5) is 17.1 Å². The molecule has 0 radical (unpaired) electrons. The molecule has 0 aliphatic heterocycles. The van der Waals surface area contributed by atoms with Gasteiger partial charge in [0.05, 0.1) is 5.69 Å². The number of furan rings is 1. The van der Waals surface area contributed by atoms with Crippen LogP contribution in [0, 0.1) is 0 Å². The summed E-state index contributed by atoms with van der Waals surface area (Å²) in [5.41, 5.74) is 9.85. The van der Waals surface area contributed by atoms with E-state index in [4.69, 9.17) is 4.42 Å². The van der Waals surface area contributed by atoms with E-state index < -0.39 is 0 Å². The van der Waals surface area contributed by atoms with Crippen molar-refractivity contribution in [2.75, 3.05) is 4.90 Å². The maximum absolute atomic E-state index is 6.46. The van der Waals surface area contributed by atoms with Crippen molar-refractivity contribution in [2.24, 2.45) is 0 Å². The fourth-order valence-electron chi connectivity index (χ4n) is 7.31. The Balaban J connectivity index is 1.11. The maximum atomic E-state index is 6.46. The van der Waals surface area contributed by atoms with Crippen molar-refractivity contribution in [1.82, 2.24) is 0 Å². The molecule has 0 N–H and O–H groups in total. The van der Waals surface area contributed by atoms with Gasteiger partial charge in [0.2, 0.25) is 0 Å². The summed E-state index contributed by atoms with van der Waals surface area (Å²) in [6.45, 7) is 0. The second-order valence-electron chi connectivity index (χ2n) is 12.5. The normalized spacial score (nSPS) is 11.7. The van der Waals surface area contributed by atoms with E-state index in [0.29, 0.717) is 0 Å². The quantitative estimate of drug-likeness (QED) is 0.186. The van der Waals surface area contributed by atoms with Crippen LogP contribution in [-0.4, -0.2) is 0 Å². The average molecular weight is 644 g/mol. The number of nitrogens with zero attached hydrogens (tertiary/aromatic N) is 1. The van der Waals surface area contributed by atoms with Gasteiger partial charge in [-0.3, -0.25) is 0 Å². The van der Waals surface area contributed by atoms with E-state index in [0.717, 1.165) is 55.6 Å². The van der Waals surface area contributed by atoms with Crippen molar-refractivity contribution in [3.05, 3.63) is 176 Å². The van der Waals surface area contributed by atoms with E-state index in [9.17, 15) is 0 Å². The minimum absolute atomic E-state index is 0.900. The Morgan fingerprint density at radius 1 is 0.429 bits per heavy atom. The highest BCUT2D eigenvalue weighted by atomic mass is 32.1. The lowest BCUT2D eigenvalue weighted by Crippen LogP contribution is -2.10. The van der Waals surface area contributed by atoms with E-state index in [1.807, 2.05) is 17.4 Å². The average Bonchev–Trinajstić information content (AvgIpc) is 3.74. The molecule has 0 saturated carbocycles. The highest BCUT2D eigenvalue weighted by molar-refractivity contribution is 7.26. The first kappa shape index (κ1) is 27.9. The zero-order valence-electron chi connectivity index (χ0n) is 26.5. The summed E-state index contributed by atoms with van der Waals surface area (Å²) >= 11 is 1.85. The van der Waals surface area contributed by atoms with Gasteiger partial charge in [0, 0.05) is 47.9 Å². The summed E-state index contributed by atoms with van der Waals surface area (Å²) < 4.78 is 9.05. The Kier molecular flexibility index (Phi) is 6.39. The lowest BCUT2D eigenvalue weighted by Gasteiger charge is -2.27. The Labute approximate surface area is 287 Å². The van der Waals surface area contributed by atoms with Crippen molar-refractivity contribution >= 4 is 81.3 Å². The summed E-state index contributed by atoms with van der Waals surface area (Å²) in [4.78, 5) is 2.41. The van der Waals surface area contributed by atoms with Gasteiger partial charge in [-0.1, -0.05) is 121 Å². The van der Waals surface area contributed by atoms with Crippen molar-refractivity contribution in [2.45, 2.75) is 0 Å². The molecule has 0 aliphatic rings. The fraction of sp³-hybridized carbons (Fsp3) is 0. The topological polar surface area (TPSA) is 16.4 Å². The van der Waals surface area contributed by atoms with Gasteiger partial charge in [0.25, 0.3) is 0 Å². The van der Waals surface area contributed by atoms with Crippen LogP contribution >= 0.6 is 11.3 Å². The Morgan fingerprint density at radius 2 is 1.14 bits per heavy atom. The highest BCUT2D eigenvalue weighted by Gasteiger charge is 2.19. The van der Waals surface area contributed by atoms with Crippen LogP contribution in [0.5, 0.6) is 0 Å². The molecule has 0 spiro atoms.